The molecule has 0 aliphatic carbocycles. The summed E-state index contributed by atoms with van der Waals surface area (Å²) in [6.45, 7) is -0.678. The third-order valence-corrected chi connectivity index (χ3v) is 2.14. The Morgan fingerprint density at radius 1 is 1.47 bits per heavy atom. The summed E-state index contributed by atoms with van der Waals surface area (Å²) >= 11 is 0. The average Bonchev–Trinajstić information content (AvgIpc) is 2.43. The summed E-state index contributed by atoms with van der Waals surface area (Å²) in [6.07, 6.45) is 0. The van der Waals surface area contributed by atoms with E-state index in [0.717, 1.165) is 6.07 Å². The summed E-state index contributed by atoms with van der Waals surface area (Å²) in [7, 11) is 1.18. The first-order valence-electron chi connectivity index (χ1n) is 5.32. The molecule has 100 valence electrons. The minimum absolute atomic E-state index is 0.228. The summed E-state index contributed by atoms with van der Waals surface area (Å²) in [4.78, 5) is 22.5. The summed E-state index contributed by atoms with van der Waals surface area (Å²) in [5.41, 5.74) is 0.160. The zero-order valence-corrected chi connectivity index (χ0v) is 10.2. The van der Waals surface area contributed by atoms with E-state index in [1.165, 1.54) is 19.2 Å². The van der Waals surface area contributed by atoms with Gasteiger partial charge < -0.3 is 15.2 Å². The number of aliphatic hydroxyl groups excluding tert-OH is 1. The van der Waals surface area contributed by atoms with E-state index in [1.54, 1.807) is 0 Å². The van der Waals surface area contributed by atoms with E-state index in [0.29, 0.717) is 5.56 Å². The second kappa shape index (κ2) is 7.13. The van der Waals surface area contributed by atoms with E-state index >= 15 is 0 Å². The zero-order valence-electron chi connectivity index (χ0n) is 10.2. The molecule has 1 rings (SSSR count). The predicted molar refractivity (Wildman–Crippen MR) is 64.7 cm³/mol. The van der Waals surface area contributed by atoms with Crippen molar-refractivity contribution in [2.24, 2.45) is 0 Å². The normalized spacial score (nSPS) is 9.21. The predicted octanol–water partition coefficient (Wildman–Crippen LogP) is 0.0723. The lowest BCUT2D eigenvalue weighted by atomic mass is 10.1. The number of rotatable bonds is 3. The van der Waals surface area contributed by atoms with Gasteiger partial charge in [0.2, 0.25) is 0 Å². The molecule has 0 aromatic heterocycles. The van der Waals surface area contributed by atoms with Gasteiger partial charge in [-0.05, 0) is 18.2 Å². The van der Waals surface area contributed by atoms with Crippen LogP contribution in [-0.2, 0) is 9.53 Å². The Bertz CT molecular complexity index is 545. The number of amides is 1. The van der Waals surface area contributed by atoms with Crippen molar-refractivity contribution in [1.29, 1.82) is 0 Å². The number of methoxy groups -OCH3 is 1. The molecule has 0 atom stereocenters. The van der Waals surface area contributed by atoms with E-state index in [2.05, 4.69) is 21.9 Å². The molecule has 0 saturated carbocycles. The van der Waals surface area contributed by atoms with Crippen LogP contribution in [0.4, 0.5) is 4.39 Å². The fourth-order valence-corrected chi connectivity index (χ4v) is 1.24. The second-order valence-electron chi connectivity index (χ2n) is 3.41. The molecule has 0 heterocycles. The maximum Gasteiger partial charge on any atom is 0.325 e. The second-order valence-corrected chi connectivity index (χ2v) is 3.41. The largest absolute Gasteiger partial charge is 0.468 e. The minimum Gasteiger partial charge on any atom is -0.468 e. The summed E-state index contributed by atoms with van der Waals surface area (Å²) < 4.78 is 17.8. The van der Waals surface area contributed by atoms with Crippen molar-refractivity contribution < 1.29 is 23.8 Å². The van der Waals surface area contributed by atoms with Crippen LogP contribution in [0.1, 0.15) is 15.9 Å². The van der Waals surface area contributed by atoms with Gasteiger partial charge in [0, 0.05) is 5.56 Å². The van der Waals surface area contributed by atoms with Crippen LogP contribution in [0.15, 0.2) is 18.2 Å². The average molecular weight is 265 g/mol. The molecule has 0 radical (unpaired) electrons. The third kappa shape index (κ3) is 4.41. The van der Waals surface area contributed by atoms with Gasteiger partial charge in [0.05, 0.1) is 12.7 Å². The highest BCUT2D eigenvalue weighted by molar-refractivity contribution is 5.96. The van der Waals surface area contributed by atoms with Crippen molar-refractivity contribution in [3.8, 4) is 11.8 Å². The highest BCUT2D eigenvalue weighted by Crippen LogP contribution is 2.10. The van der Waals surface area contributed by atoms with Crippen molar-refractivity contribution in [2.45, 2.75) is 0 Å². The standard InChI is InChI=1S/C13H12FNO4/c1-19-12(17)8-15-13(18)10-7-9(3-2-6-16)4-5-11(10)14/h4-5,7,16H,6,8H2,1H3,(H,15,18). The van der Waals surface area contributed by atoms with Crippen LogP contribution in [0.3, 0.4) is 0 Å². The Morgan fingerprint density at radius 2 is 2.21 bits per heavy atom. The SMILES string of the molecule is COC(=O)CNC(=O)c1cc(C#CCO)ccc1F. The molecule has 19 heavy (non-hydrogen) atoms. The Morgan fingerprint density at radius 3 is 2.84 bits per heavy atom. The molecule has 0 aliphatic rings. The van der Waals surface area contributed by atoms with Crippen molar-refractivity contribution in [2.75, 3.05) is 20.3 Å². The number of hydrogen-bond acceptors (Lipinski definition) is 4. The number of halogens is 1. The topological polar surface area (TPSA) is 75.6 Å². The van der Waals surface area contributed by atoms with Crippen LogP contribution in [0.5, 0.6) is 0 Å². The lowest BCUT2D eigenvalue weighted by molar-refractivity contribution is -0.139. The van der Waals surface area contributed by atoms with Gasteiger partial charge in [0.25, 0.3) is 5.91 Å². The molecular weight excluding hydrogens is 253 g/mol. The maximum absolute atomic E-state index is 13.5. The van der Waals surface area contributed by atoms with Gasteiger partial charge in [-0.3, -0.25) is 9.59 Å². The van der Waals surface area contributed by atoms with E-state index in [4.69, 9.17) is 5.11 Å². The molecule has 5 nitrogen and oxygen atoms in total. The molecule has 1 aromatic rings. The molecular formula is C13H12FNO4. The van der Waals surface area contributed by atoms with Crippen LogP contribution in [0, 0.1) is 17.7 Å². The number of aliphatic hydroxyl groups is 1. The van der Waals surface area contributed by atoms with Crippen LogP contribution in [0.2, 0.25) is 0 Å². The lowest BCUT2D eigenvalue weighted by Crippen LogP contribution is -2.30. The molecule has 0 unspecified atom stereocenters. The third-order valence-electron chi connectivity index (χ3n) is 2.14. The van der Waals surface area contributed by atoms with Gasteiger partial charge in [-0.1, -0.05) is 11.8 Å². The number of nitrogens with one attached hydrogen (secondary N) is 1. The van der Waals surface area contributed by atoms with Crippen molar-refractivity contribution in [3.63, 3.8) is 0 Å². The Hall–Kier alpha value is -2.39. The first-order valence-corrected chi connectivity index (χ1v) is 5.32. The number of benzene rings is 1. The van der Waals surface area contributed by atoms with Gasteiger partial charge >= 0.3 is 5.97 Å². The minimum atomic E-state index is -0.740. The van der Waals surface area contributed by atoms with Gasteiger partial charge in [0.1, 0.15) is 19.0 Å². The first-order chi connectivity index (χ1) is 9.08. The van der Waals surface area contributed by atoms with Crippen LogP contribution < -0.4 is 5.32 Å². The number of esters is 1. The quantitative estimate of drug-likeness (QED) is 0.599. The van der Waals surface area contributed by atoms with Crippen molar-refractivity contribution in [1.82, 2.24) is 5.32 Å². The molecule has 0 bridgehead atoms. The van der Waals surface area contributed by atoms with Gasteiger partial charge in [0.15, 0.2) is 0 Å². The Kier molecular flexibility index (Phi) is 5.51. The number of carbonyl (C=O) groups is 2. The van der Waals surface area contributed by atoms with Crippen LogP contribution >= 0.6 is 0 Å². The fraction of sp³-hybridized carbons (Fsp3) is 0.231. The summed E-state index contributed by atoms with van der Waals surface area (Å²) in [5.74, 6) is 2.84. The monoisotopic (exact) mass is 265 g/mol. The Labute approximate surface area is 109 Å². The summed E-state index contributed by atoms with van der Waals surface area (Å²) in [6, 6.07) is 3.72. The summed E-state index contributed by atoms with van der Waals surface area (Å²) in [5, 5.41) is 10.8. The molecule has 6 heteroatoms. The van der Waals surface area contributed by atoms with Crippen molar-refractivity contribution >= 4 is 11.9 Å². The highest BCUT2D eigenvalue weighted by atomic mass is 19.1. The number of ether oxygens (including phenoxy) is 1. The maximum atomic E-state index is 13.5. The van der Waals surface area contributed by atoms with Gasteiger partial charge in [-0.2, -0.15) is 0 Å². The number of hydrogen-bond donors (Lipinski definition) is 2. The Balaban J connectivity index is 2.86. The molecule has 0 fully saturated rings. The van der Waals surface area contributed by atoms with E-state index < -0.39 is 17.7 Å². The molecule has 2 N–H and O–H groups in total. The fourth-order valence-electron chi connectivity index (χ4n) is 1.24. The van der Waals surface area contributed by atoms with E-state index in [-0.39, 0.29) is 18.7 Å². The van der Waals surface area contributed by atoms with E-state index in [9.17, 15) is 14.0 Å². The lowest BCUT2D eigenvalue weighted by Gasteiger charge is -2.05. The van der Waals surface area contributed by atoms with E-state index in [1.807, 2.05) is 0 Å². The molecule has 0 saturated heterocycles. The molecule has 0 aliphatic heterocycles. The zero-order chi connectivity index (χ0) is 14.3. The molecule has 1 aromatic carbocycles. The van der Waals surface area contributed by atoms with Crippen LogP contribution in [0.25, 0.3) is 0 Å². The number of carbonyl (C=O) groups excluding carboxylic acids is 2. The smallest absolute Gasteiger partial charge is 0.325 e. The molecule has 0 spiro atoms. The van der Waals surface area contributed by atoms with Crippen molar-refractivity contribution in [3.05, 3.63) is 35.1 Å². The van der Waals surface area contributed by atoms with Gasteiger partial charge in [-0.25, -0.2) is 4.39 Å². The van der Waals surface area contributed by atoms with Gasteiger partial charge in [-0.15, -0.1) is 0 Å². The molecule has 1 amide bonds. The van der Waals surface area contributed by atoms with Crippen LogP contribution in [-0.4, -0.2) is 37.2 Å². The first kappa shape index (κ1) is 14.7. The highest BCUT2D eigenvalue weighted by Gasteiger charge is 2.13.